The number of anilines is 2. The third-order valence-corrected chi connectivity index (χ3v) is 4.46. The number of benzene rings is 2. The van der Waals surface area contributed by atoms with Gasteiger partial charge in [0.2, 0.25) is 5.88 Å². The van der Waals surface area contributed by atoms with Gasteiger partial charge in [-0.25, -0.2) is 19.7 Å². The molecule has 2 aromatic heterocycles. The van der Waals surface area contributed by atoms with Gasteiger partial charge in [-0.15, -0.1) is 0 Å². The summed E-state index contributed by atoms with van der Waals surface area (Å²) in [5.41, 5.74) is 1.29. The lowest BCUT2D eigenvalue weighted by atomic mass is 10.3. The first kappa shape index (κ1) is 20.9. The lowest BCUT2D eigenvalue weighted by Crippen LogP contribution is -2.19. The quantitative estimate of drug-likeness (QED) is 0.436. The van der Waals surface area contributed by atoms with Crippen molar-refractivity contribution in [3.8, 4) is 23.2 Å². The predicted molar refractivity (Wildman–Crippen MR) is 121 cm³/mol. The van der Waals surface area contributed by atoms with Gasteiger partial charge in [0.05, 0.1) is 6.61 Å². The summed E-state index contributed by atoms with van der Waals surface area (Å²) in [6.45, 7) is 4.40. The minimum absolute atomic E-state index is 0.348. The molecule has 2 amide bonds. The van der Waals surface area contributed by atoms with Crippen LogP contribution in [0.25, 0.3) is 5.82 Å². The van der Waals surface area contributed by atoms with E-state index in [1.54, 1.807) is 60.8 Å². The lowest BCUT2D eigenvalue weighted by molar-refractivity contribution is 0.262. The molecule has 0 saturated carbocycles. The van der Waals surface area contributed by atoms with Gasteiger partial charge in [-0.05, 0) is 62.4 Å². The maximum absolute atomic E-state index is 12.2. The summed E-state index contributed by atoms with van der Waals surface area (Å²) in [6, 6.07) is 15.5. The zero-order valence-corrected chi connectivity index (χ0v) is 17.6. The van der Waals surface area contributed by atoms with Gasteiger partial charge in [-0.1, -0.05) is 0 Å². The SMILES string of the molecule is CCOc1ccc(NC(=O)Nc2ccc(Oc3cc(-n4ccnc4C)ncn3)cc2)cc1. The summed E-state index contributed by atoms with van der Waals surface area (Å²) < 4.78 is 13.1. The number of rotatable bonds is 7. The minimum Gasteiger partial charge on any atom is -0.494 e. The first-order chi connectivity index (χ1) is 15.6. The number of imidazole rings is 1. The molecular formula is C23H22N6O3. The van der Waals surface area contributed by atoms with Crippen LogP contribution in [0, 0.1) is 6.92 Å². The van der Waals surface area contributed by atoms with Crippen molar-refractivity contribution < 1.29 is 14.3 Å². The van der Waals surface area contributed by atoms with Gasteiger partial charge in [-0.2, -0.15) is 0 Å². The Labute approximate surface area is 185 Å². The van der Waals surface area contributed by atoms with Crippen LogP contribution >= 0.6 is 0 Å². The Balaban J connectivity index is 1.35. The fraction of sp³-hybridized carbons (Fsp3) is 0.130. The van der Waals surface area contributed by atoms with Crippen molar-refractivity contribution in [2.75, 3.05) is 17.2 Å². The van der Waals surface area contributed by atoms with Gasteiger partial charge >= 0.3 is 6.03 Å². The first-order valence-electron chi connectivity index (χ1n) is 10.0. The second-order valence-corrected chi connectivity index (χ2v) is 6.72. The number of carbonyl (C=O) groups excluding carboxylic acids is 1. The molecule has 0 fully saturated rings. The summed E-state index contributed by atoms with van der Waals surface area (Å²) >= 11 is 0. The number of carbonyl (C=O) groups is 1. The summed E-state index contributed by atoms with van der Waals surface area (Å²) in [5, 5.41) is 5.56. The van der Waals surface area contributed by atoms with Crippen LogP contribution in [0.1, 0.15) is 12.7 Å². The average molecular weight is 430 g/mol. The third kappa shape index (κ3) is 5.20. The second kappa shape index (κ2) is 9.61. The van der Waals surface area contributed by atoms with Crippen LogP contribution in [0.2, 0.25) is 0 Å². The van der Waals surface area contributed by atoms with Crippen molar-refractivity contribution in [1.82, 2.24) is 19.5 Å². The van der Waals surface area contributed by atoms with Gasteiger partial charge < -0.3 is 20.1 Å². The molecule has 0 saturated heterocycles. The van der Waals surface area contributed by atoms with Crippen molar-refractivity contribution in [3.63, 3.8) is 0 Å². The number of aromatic nitrogens is 4. The highest BCUT2D eigenvalue weighted by molar-refractivity contribution is 5.99. The number of ether oxygens (including phenoxy) is 2. The average Bonchev–Trinajstić information content (AvgIpc) is 3.23. The number of aryl methyl sites for hydroxylation is 1. The summed E-state index contributed by atoms with van der Waals surface area (Å²) in [7, 11) is 0. The van der Waals surface area contributed by atoms with Gasteiger partial charge in [0, 0.05) is 29.8 Å². The Kier molecular flexibility index (Phi) is 6.26. The lowest BCUT2D eigenvalue weighted by Gasteiger charge is -2.10. The Morgan fingerprint density at radius 3 is 2.19 bits per heavy atom. The van der Waals surface area contributed by atoms with Crippen molar-refractivity contribution in [3.05, 3.63) is 79.1 Å². The molecule has 0 aliphatic heterocycles. The zero-order valence-electron chi connectivity index (χ0n) is 17.6. The molecule has 0 bridgehead atoms. The Morgan fingerprint density at radius 1 is 0.938 bits per heavy atom. The number of hydrogen-bond donors (Lipinski definition) is 2. The Morgan fingerprint density at radius 2 is 1.59 bits per heavy atom. The maximum atomic E-state index is 12.2. The van der Waals surface area contributed by atoms with Crippen molar-refractivity contribution >= 4 is 17.4 Å². The van der Waals surface area contributed by atoms with Crippen molar-refractivity contribution in [1.29, 1.82) is 0 Å². The van der Waals surface area contributed by atoms with Gasteiger partial charge in [0.1, 0.15) is 29.5 Å². The number of amides is 2. The summed E-state index contributed by atoms with van der Waals surface area (Å²) in [4.78, 5) is 24.8. The molecular weight excluding hydrogens is 408 g/mol. The highest BCUT2D eigenvalue weighted by atomic mass is 16.5. The van der Waals surface area contributed by atoms with E-state index in [1.165, 1.54) is 6.33 Å². The van der Waals surface area contributed by atoms with E-state index < -0.39 is 0 Å². The molecule has 4 rings (SSSR count). The Bertz CT molecular complexity index is 1190. The zero-order chi connectivity index (χ0) is 22.3. The first-order valence-corrected chi connectivity index (χ1v) is 10.0. The molecule has 0 aliphatic rings. The highest BCUT2D eigenvalue weighted by Gasteiger charge is 2.07. The van der Waals surface area contributed by atoms with E-state index in [0.717, 1.165) is 11.6 Å². The molecule has 32 heavy (non-hydrogen) atoms. The monoisotopic (exact) mass is 430 g/mol. The normalized spacial score (nSPS) is 10.4. The van der Waals surface area contributed by atoms with E-state index in [2.05, 4.69) is 25.6 Å². The molecule has 0 radical (unpaired) electrons. The van der Waals surface area contributed by atoms with Gasteiger partial charge in [-0.3, -0.25) is 4.57 Å². The van der Waals surface area contributed by atoms with E-state index in [4.69, 9.17) is 9.47 Å². The molecule has 2 aromatic carbocycles. The number of nitrogens with zero attached hydrogens (tertiary/aromatic N) is 4. The molecule has 0 aliphatic carbocycles. The maximum Gasteiger partial charge on any atom is 0.323 e. The molecule has 9 heteroatoms. The van der Waals surface area contributed by atoms with E-state index in [9.17, 15) is 4.79 Å². The van der Waals surface area contributed by atoms with E-state index in [-0.39, 0.29) is 6.03 Å². The summed E-state index contributed by atoms with van der Waals surface area (Å²) in [6.07, 6.45) is 4.96. The second-order valence-electron chi connectivity index (χ2n) is 6.72. The van der Waals surface area contributed by atoms with Crippen LogP contribution in [-0.4, -0.2) is 32.2 Å². The number of hydrogen-bond acceptors (Lipinski definition) is 6. The molecule has 2 heterocycles. The van der Waals surface area contributed by atoms with E-state index in [1.807, 2.05) is 24.6 Å². The van der Waals surface area contributed by atoms with Crippen LogP contribution < -0.4 is 20.1 Å². The van der Waals surface area contributed by atoms with Crippen molar-refractivity contribution in [2.24, 2.45) is 0 Å². The fourth-order valence-corrected chi connectivity index (χ4v) is 2.96. The standard InChI is InChI=1S/C23H22N6O3/c1-3-31-19-8-4-17(5-9-19)27-23(30)28-18-6-10-20(11-7-18)32-22-14-21(25-15-26-22)29-13-12-24-16(29)2/h4-15H,3H2,1-2H3,(H2,27,28,30). The highest BCUT2D eigenvalue weighted by Crippen LogP contribution is 2.23. The van der Waals surface area contributed by atoms with Gasteiger partial charge in [0.25, 0.3) is 0 Å². The fourth-order valence-electron chi connectivity index (χ4n) is 2.96. The topological polar surface area (TPSA) is 103 Å². The minimum atomic E-state index is -0.348. The molecule has 2 N–H and O–H groups in total. The van der Waals surface area contributed by atoms with Crippen molar-refractivity contribution in [2.45, 2.75) is 13.8 Å². The molecule has 0 unspecified atom stereocenters. The molecule has 9 nitrogen and oxygen atoms in total. The summed E-state index contributed by atoms with van der Waals surface area (Å²) in [5.74, 6) is 3.21. The Hall–Kier alpha value is -4.40. The van der Waals surface area contributed by atoms with E-state index >= 15 is 0 Å². The molecule has 0 spiro atoms. The predicted octanol–water partition coefficient (Wildman–Crippen LogP) is 4.81. The molecule has 0 atom stereocenters. The van der Waals surface area contributed by atoms with Crippen LogP contribution in [0.15, 0.2) is 73.3 Å². The van der Waals surface area contributed by atoms with Crippen LogP contribution in [0.4, 0.5) is 16.2 Å². The van der Waals surface area contributed by atoms with Crippen LogP contribution in [0.3, 0.4) is 0 Å². The van der Waals surface area contributed by atoms with Crippen LogP contribution in [-0.2, 0) is 0 Å². The number of urea groups is 1. The third-order valence-electron chi connectivity index (χ3n) is 4.46. The smallest absolute Gasteiger partial charge is 0.323 e. The van der Waals surface area contributed by atoms with Crippen LogP contribution in [0.5, 0.6) is 17.4 Å². The van der Waals surface area contributed by atoms with E-state index in [0.29, 0.717) is 35.4 Å². The largest absolute Gasteiger partial charge is 0.494 e. The molecule has 4 aromatic rings. The van der Waals surface area contributed by atoms with Gasteiger partial charge in [0.15, 0.2) is 0 Å². The number of nitrogens with one attached hydrogen (secondary N) is 2. The molecule has 162 valence electrons.